The van der Waals surface area contributed by atoms with Gasteiger partial charge >= 0.3 is 0 Å². The van der Waals surface area contributed by atoms with Gasteiger partial charge in [0.25, 0.3) is 0 Å². The van der Waals surface area contributed by atoms with Crippen molar-refractivity contribution in [3.05, 3.63) is 48.0 Å². The summed E-state index contributed by atoms with van der Waals surface area (Å²) in [4.78, 5) is 11.6. The number of hydrogen-bond acceptors (Lipinski definition) is 5. The number of nitrogens with two attached hydrogens (primary N) is 1. The van der Waals surface area contributed by atoms with Gasteiger partial charge in [-0.05, 0) is 42.3 Å². The number of thioether (sulfide) groups is 1. The molecule has 0 saturated heterocycles. The largest absolute Gasteiger partial charge is 0.399 e. The Morgan fingerprint density at radius 3 is 2.81 bits per heavy atom. The van der Waals surface area contributed by atoms with E-state index in [1.165, 1.54) is 5.56 Å². The van der Waals surface area contributed by atoms with Crippen molar-refractivity contribution in [3.63, 3.8) is 0 Å². The van der Waals surface area contributed by atoms with Crippen LogP contribution < -0.4 is 16.5 Å². The predicted molar refractivity (Wildman–Crippen MR) is 86.8 cm³/mol. The van der Waals surface area contributed by atoms with Crippen molar-refractivity contribution in [3.8, 4) is 0 Å². The smallest absolute Gasteiger partial charge is 0.211 e. The second-order valence-corrected chi connectivity index (χ2v) is 5.57. The number of carbonyl (C=O) groups excluding carboxylic acids is 1. The van der Waals surface area contributed by atoms with Crippen molar-refractivity contribution < 1.29 is 10.0 Å². The van der Waals surface area contributed by atoms with Crippen LogP contribution in [0.1, 0.15) is 5.56 Å². The lowest BCUT2D eigenvalue weighted by Crippen LogP contribution is -1.99. The Balaban J connectivity index is 2.00. The Labute approximate surface area is 127 Å². The van der Waals surface area contributed by atoms with Crippen LogP contribution in [-0.4, -0.2) is 17.4 Å². The number of amides is 1. The molecular formula is C15H17N3O2S. The standard InChI is InChI=1S/C15H17N3O2S/c16-12-3-1-2-11(8-12)6-7-21-15-5-4-13(18-20)9-14(15)17-10-19/h1-5,8-10,18,20H,6-7,16H2,(H,17,19). The fourth-order valence-corrected chi connectivity index (χ4v) is 2.92. The maximum Gasteiger partial charge on any atom is 0.211 e. The van der Waals surface area contributed by atoms with E-state index in [1.807, 2.05) is 30.3 Å². The van der Waals surface area contributed by atoms with E-state index in [0.29, 0.717) is 17.8 Å². The second kappa shape index (κ2) is 7.56. The number of benzene rings is 2. The number of nitrogen functional groups attached to an aromatic ring is 1. The molecule has 2 aromatic carbocycles. The molecule has 0 saturated carbocycles. The molecule has 0 fully saturated rings. The van der Waals surface area contributed by atoms with Gasteiger partial charge in [0, 0.05) is 16.3 Å². The van der Waals surface area contributed by atoms with Crippen molar-refractivity contribution in [1.29, 1.82) is 0 Å². The maximum atomic E-state index is 10.6. The van der Waals surface area contributed by atoms with Crippen molar-refractivity contribution in [1.82, 2.24) is 0 Å². The molecule has 0 bridgehead atoms. The summed E-state index contributed by atoms with van der Waals surface area (Å²) in [7, 11) is 0. The Hall–Kier alpha value is -2.18. The van der Waals surface area contributed by atoms with Crippen molar-refractivity contribution in [2.75, 3.05) is 22.3 Å². The van der Waals surface area contributed by atoms with Crippen LogP contribution in [0.15, 0.2) is 47.4 Å². The molecule has 5 nitrogen and oxygen atoms in total. The molecule has 0 aliphatic heterocycles. The van der Waals surface area contributed by atoms with Gasteiger partial charge in [-0.3, -0.25) is 15.5 Å². The van der Waals surface area contributed by atoms with Crippen LogP contribution in [0.4, 0.5) is 17.1 Å². The molecule has 0 radical (unpaired) electrons. The summed E-state index contributed by atoms with van der Waals surface area (Å²) in [6, 6.07) is 13.1. The summed E-state index contributed by atoms with van der Waals surface area (Å²) in [5, 5.41) is 11.5. The first-order valence-corrected chi connectivity index (χ1v) is 7.43. The van der Waals surface area contributed by atoms with Gasteiger partial charge in [-0.15, -0.1) is 11.8 Å². The topological polar surface area (TPSA) is 87.4 Å². The predicted octanol–water partition coefficient (Wildman–Crippen LogP) is 2.97. The van der Waals surface area contributed by atoms with E-state index in [9.17, 15) is 4.79 Å². The number of nitrogens with one attached hydrogen (secondary N) is 2. The SMILES string of the molecule is Nc1cccc(CCSc2ccc(NO)cc2NC=O)c1. The van der Waals surface area contributed by atoms with Crippen LogP contribution in [0.5, 0.6) is 0 Å². The van der Waals surface area contributed by atoms with Crippen molar-refractivity contribution in [2.24, 2.45) is 0 Å². The minimum atomic E-state index is 0.527. The fraction of sp³-hybridized carbons (Fsp3) is 0.133. The third-order valence-corrected chi connectivity index (χ3v) is 4.00. The molecule has 6 heteroatoms. The molecule has 1 amide bonds. The van der Waals surface area contributed by atoms with E-state index in [4.69, 9.17) is 10.9 Å². The Morgan fingerprint density at radius 2 is 2.10 bits per heavy atom. The van der Waals surface area contributed by atoms with Gasteiger partial charge in [0.2, 0.25) is 6.41 Å². The molecule has 0 atom stereocenters. The van der Waals surface area contributed by atoms with Crippen molar-refractivity contribution >= 4 is 35.2 Å². The first-order chi connectivity index (χ1) is 10.2. The fourth-order valence-electron chi connectivity index (χ4n) is 1.93. The lowest BCUT2D eigenvalue weighted by atomic mass is 10.1. The summed E-state index contributed by atoms with van der Waals surface area (Å²) in [6.45, 7) is 0. The summed E-state index contributed by atoms with van der Waals surface area (Å²) in [5.41, 5.74) is 11.0. The van der Waals surface area contributed by atoms with Gasteiger partial charge in [0.1, 0.15) is 0 Å². The van der Waals surface area contributed by atoms with Gasteiger partial charge in [0.15, 0.2) is 0 Å². The van der Waals surface area contributed by atoms with Gasteiger partial charge in [-0.2, -0.15) is 0 Å². The molecule has 0 aliphatic rings. The average molecular weight is 303 g/mol. The van der Waals surface area contributed by atoms with Crippen molar-refractivity contribution in [2.45, 2.75) is 11.3 Å². The number of aryl methyl sites for hydroxylation is 1. The highest BCUT2D eigenvalue weighted by atomic mass is 32.2. The number of anilines is 3. The lowest BCUT2D eigenvalue weighted by Gasteiger charge is -2.10. The molecule has 0 heterocycles. The van der Waals surface area contributed by atoms with Crippen LogP contribution in [0, 0.1) is 0 Å². The summed E-state index contributed by atoms with van der Waals surface area (Å²) in [5.74, 6) is 0.864. The Morgan fingerprint density at radius 1 is 1.24 bits per heavy atom. The molecule has 0 spiro atoms. The van der Waals surface area contributed by atoms with Crippen LogP contribution in [0.25, 0.3) is 0 Å². The number of hydrogen-bond donors (Lipinski definition) is 4. The monoisotopic (exact) mass is 303 g/mol. The van der Waals surface area contributed by atoms with Gasteiger partial charge in [-0.25, -0.2) is 0 Å². The minimum Gasteiger partial charge on any atom is -0.399 e. The van der Waals surface area contributed by atoms with E-state index in [1.54, 1.807) is 23.9 Å². The normalized spacial score (nSPS) is 10.1. The highest BCUT2D eigenvalue weighted by Crippen LogP contribution is 2.30. The Kier molecular flexibility index (Phi) is 5.48. The molecule has 110 valence electrons. The third kappa shape index (κ3) is 4.40. The zero-order valence-electron chi connectivity index (χ0n) is 11.4. The molecule has 21 heavy (non-hydrogen) atoms. The highest BCUT2D eigenvalue weighted by Gasteiger charge is 2.05. The quantitative estimate of drug-likeness (QED) is 0.273. The average Bonchev–Trinajstić information content (AvgIpc) is 2.49. The van der Waals surface area contributed by atoms with Crippen LogP contribution in [-0.2, 0) is 11.2 Å². The zero-order valence-corrected chi connectivity index (χ0v) is 12.2. The van der Waals surface area contributed by atoms with Gasteiger partial charge in [-0.1, -0.05) is 12.1 Å². The Bertz CT molecular complexity index is 620. The van der Waals surface area contributed by atoms with E-state index in [0.717, 1.165) is 22.8 Å². The first kappa shape index (κ1) is 15.2. The minimum absolute atomic E-state index is 0.527. The number of rotatable bonds is 7. The zero-order chi connectivity index (χ0) is 15.1. The summed E-state index contributed by atoms with van der Waals surface area (Å²) in [6.07, 6.45) is 1.51. The molecule has 0 unspecified atom stereocenters. The molecule has 0 aromatic heterocycles. The van der Waals surface area contributed by atoms with Gasteiger partial charge < -0.3 is 11.1 Å². The molecular weight excluding hydrogens is 286 g/mol. The summed E-state index contributed by atoms with van der Waals surface area (Å²) < 4.78 is 0. The highest BCUT2D eigenvalue weighted by molar-refractivity contribution is 7.99. The molecule has 2 aromatic rings. The van der Waals surface area contributed by atoms with Crippen LogP contribution in [0.3, 0.4) is 0 Å². The molecule has 2 rings (SSSR count). The summed E-state index contributed by atoms with van der Waals surface area (Å²) >= 11 is 1.64. The molecule has 5 N–H and O–H groups in total. The maximum absolute atomic E-state index is 10.6. The molecule has 0 aliphatic carbocycles. The van der Waals surface area contributed by atoms with Crippen LogP contribution >= 0.6 is 11.8 Å². The second-order valence-electron chi connectivity index (χ2n) is 4.43. The lowest BCUT2D eigenvalue weighted by molar-refractivity contribution is -0.105. The van der Waals surface area contributed by atoms with E-state index in [-0.39, 0.29) is 0 Å². The van der Waals surface area contributed by atoms with Crippen LogP contribution in [0.2, 0.25) is 0 Å². The third-order valence-electron chi connectivity index (χ3n) is 2.92. The van der Waals surface area contributed by atoms with E-state index >= 15 is 0 Å². The van der Waals surface area contributed by atoms with E-state index in [2.05, 4.69) is 10.8 Å². The van der Waals surface area contributed by atoms with E-state index < -0.39 is 0 Å². The number of carbonyl (C=O) groups is 1. The van der Waals surface area contributed by atoms with Gasteiger partial charge in [0.05, 0.1) is 11.4 Å². The first-order valence-electron chi connectivity index (χ1n) is 6.44.